The molecule has 0 aromatic heterocycles. The number of amides is 3. The van der Waals surface area contributed by atoms with Gasteiger partial charge >= 0.3 is 12.0 Å². The maximum atomic E-state index is 12.3. The molecule has 1 aromatic carbocycles. The number of hydrogen-bond donors (Lipinski definition) is 3. The maximum absolute atomic E-state index is 12.3. The Morgan fingerprint density at radius 2 is 1.57 bits per heavy atom. The molecule has 0 saturated heterocycles. The molecule has 0 fully saturated rings. The molecule has 28 heavy (non-hydrogen) atoms. The summed E-state index contributed by atoms with van der Waals surface area (Å²) in [5.74, 6) is -1.33. The summed E-state index contributed by atoms with van der Waals surface area (Å²) in [5.41, 5.74) is 0. The molecule has 0 saturated carbocycles. The minimum Gasteiger partial charge on any atom is -0.497 e. The van der Waals surface area contributed by atoms with Gasteiger partial charge in [0.15, 0.2) is 6.10 Å². The maximum Gasteiger partial charge on any atom is 0.324 e. The molecule has 0 radical (unpaired) electrons. The number of esters is 1. The van der Waals surface area contributed by atoms with Crippen molar-refractivity contribution in [2.24, 2.45) is 0 Å². The zero-order chi connectivity index (χ0) is 21.5. The first-order valence-corrected chi connectivity index (χ1v) is 9.92. The molecule has 2 atom stereocenters. The summed E-state index contributed by atoms with van der Waals surface area (Å²) in [6.45, 7) is 5.97. The fourth-order valence-electron chi connectivity index (χ4n) is 1.95. The predicted molar refractivity (Wildman–Crippen MR) is 100 cm³/mol. The molecular weight excluding hydrogens is 390 g/mol. The lowest BCUT2D eigenvalue weighted by molar-refractivity contribution is -0.155. The van der Waals surface area contributed by atoms with Crippen molar-refractivity contribution in [2.75, 3.05) is 7.11 Å². The number of urea groups is 1. The third-order valence-electron chi connectivity index (χ3n) is 3.37. The molecule has 0 aliphatic heterocycles. The predicted octanol–water partition coefficient (Wildman–Crippen LogP) is 0.528. The summed E-state index contributed by atoms with van der Waals surface area (Å²) in [4.78, 5) is 35.4. The zero-order valence-electron chi connectivity index (χ0n) is 16.3. The van der Waals surface area contributed by atoms with E-state index in [-0.39, 0.29) is 10.9 Å². The topological polar surface area (TPSA) is 140 Å². The van der Waals surface area contributed by atoms with E-state index >= 15 is 0 Å². The van der Waals surface area contributed by atoms with Gasteiger partial charge in [-0.25, -0.2) is 13.2 Å². The first-order chi connectivity index (χ1) is 13.0. The van der Waals surface area contributed by atoms with Crippen LogP contribution in [0.15, 0.2) is 29.2 Å². The monoisotopic (exact) mass is 415 g/mol. The van der Waals surface area contributed by atoms with Crippen molar-refractivity contribution in [1.82, 2.24) is 15.4 Å². The summed E-state index contributed by atoms with van der Waals surface area (Å²) < 4.78 is 36.7. The number of carbonyl (C=O) groups is 3. The molecule has 3 N–H and O–H groups in total. The van der Waals surface area contributed by atoms with Gasteiger partial charge in [-0.2, -0.15) is 4.72 Å². The minimum absolute atomic E-state index is 0.0656. The van der Waals surface area contributed by atoms with Crippen molar-refractivity contribution < 1.29 is 32.3 Å². The summed E-state index contributed by atoms with van der Waals surface area (Å²) in [5, 5.41) is 4.47. The minimum atomic E-state index is -3.99. The van der Waals surface area contributed by atoms with E-state index in [2.05, 4.69) is 10.0 Å². The molecule has 156 valence electrons. The van der Waals surface area contributed by atoms with Crippen molar-refractivity contribution in [3.05, 3.63) is 24.3 Å². The summed E-state index contributed by atoms with van der Waals surface area (Å²) in [6, 6.07) is 3.41. The second-order valence-electron chi connectivity index (χ2n) is 6.22. The van der Waals surface area contributed by atoms with Gasteiger partial charge in [0.25, 0.3) is 5.91 Å². The van der Waals surface area contributed by atoms with E-state index in [0.717, 1.165) is 0 Å². The van der Waals surface area contributed by atoms with Gasteiger partial charge in [-0.1, -0.05) is 0 Å². The van der Waals surface area contributed by atoms with Crippen LogP contribution < -0.4 is 20.1 Å². The van der Waals surface area contributed by atoms with Crippen LogP contribution in [0.1, 0.15) is 27.7 Å². The van der Waals surface area contributed by atoms with Crippen LogP contribution in [0.3, 0.4) is 0 Å². The zero-order valence-corrected chi connectivity index (χ0v) is 17.1. The standard InChI is InChI=1S/C17H25N3O7S/c1-10(2)18-17(23)19-15(21)12(4)27-16(22)11(3)20-28(24,25)14-8-6-13(26-5)7-9-14/h6-12,20H,1-5H3,(H2,18,19,21,23)/t11-,12?/m0/s1. The van der Waals surface area contributed by atoms with Crippen LogP contribution in [-0.2, 0) is 24.3 Å². The van der Waals surface area contributed by atoms with E-state index in [1.165, 1.54) is 45.2 Å². The SMILES string of the molecule is COc1ccc(S(=O)(=O)N[C@@H](C)C(=O)OC(C)C(=O)NC(=O)NC(C)C)cc1. The largest absolute Gasteiger partial charge is 0.497 e. The molecule has 0 spiro atoms. The highest BCUT2D eigenvalue weighted by Gasteiger charge is 2.27. The number of sulfonamides is 1. The fraction of sp³-hybridized carbons (Fsp3) is 0.471. The number of benzene rings is 1. The molecule has 0 bridgehead atoms. The number of methoxy groups -OCH3 is 1. The van der Waals surface area contributed by atoms with E-state index < -0.39 is 40.1 Å². The Morgan fingerprint density at radius 1 is 1.00 bits per heavy atom. The van der Waals surface area contributed by atoms with Gasteiger partial charge < -0.3 is 14.8 Å². The van der Waals surface area contributed by atoms with Crippen molar-refractivity contribution in [3.63, 3.8) is 0 Å². The third kappa shape index (κ3) is 7.16. The van der Waals surface area contributed by atoms with Gasteiger partial charge in [-0.15, -0.1) is 0 Å². The molecule has 1 rings (SSSR count). The van der Waals surface area contributed by atoms with E-state index in [1.54, 1.807) is 13.8 Å². The number of imide groups is 1. The van der Waals surface area contributed by atoms with Gasteiger partial charge in [0, 0.05) is 6.04 Å². The van der Waals surface area contributed by atoms with Gasteiger partial charge in [0.05, 0.1) is 12.0 Å². The van der Waals surface area contributed by atoms with Crippen molar-refractivity contribution in [3.8, 4) is 5.75 Å². The Balaban J connectivity index is 2.65. The van der Waals surface area contributed by atoms with E-state index in [4.69, 9.17) is 9.47 Å². The lowest BCUT2D eigenvalue weighted by Gasteiger charge is -2.18. The molecule has 0 aliphatic carbocycles. The van der Waals surface area contributed by atoms with E-state index in [9.17, 15) is 22.8 Å². The van der Waals surface area contributed by atoms with Crippen LogP contribution in [0.25, 0.3) is 0 Å². The van der Waals surface area contributed by atoms with Crippen molar-refractivity contribution in [2.45, 2.75) is 50.8 Å². The highest BCUT2D eigenvalue weighted by molar-refractivity contribution is 7.89. The lowest BCUT2D eigenvalue weighted by atomic mass is 10.3. The second kappa shape index (κ2) is 10.0. The van der Waals surface area contributed by atoms with Crippen LogP contribution >= 0.6 is 0 Å². The van der Waals surface area contributed by atoms with Gasteiger partial charge in [0.1, 0.15) is 11.8 Å². The molecule has 0 aliphatic rings. The Labute approximate surface area is 164 Å². The number of rotatable bonds is 8. The van der Waals surface area contributed by atoms with Crippen molar-refractivity contribution >= 4 is 27.9 Å². The highest BCUT2D eigenvalue weighted by atomic mass is 32.2. The molecular formula is C17H25N3O7S. The van der Waals surface area contributed by atoms with Crippen molar-refractivity contribution in [1.29, 1.82) is 0 Å². The summed E-state index contributed by atoms with van der Waals surface area (Å²) in [7, 11) is -2.54. The van der Waals surface area contributed by atoms with E-state index in [0.29, 0.717) is 5.75 Å². The van der Waals surface area contributed by atoms with Crippen LogP contribution in [0.2, 0.25) is 0 Å². The number of carbonyl (C=O) groups excluding carboxylic acids is 3. The van der Waals surface area contributed by atoms with Gasteiger partial charge in [0.2, 0.25) is 10.0 Å². The number of ether oxygens (including phenoxy) is 2. The quantitative estimate of drug-likeness (QED) is 0.526. The second-order valence-corrected chi connectivity index (χ2v) is 7.93. The first kappa shape index (κ1) is 23.4. The number of nitrogens with one attached hydrogen (secondary N) is 3. The average molecular weight is 415 g/mol. The summed E-state index contributed by atoms with van der Waals surface area (Å²) >= 11 is 0. The fourth-order valence-corrected chi connectivity index (χ4v) is 3.14. The van der Waals surface area contributed by atoms with Crippen LogP contribution in [0.5, 0.6) is 5.75 Å². The molecule has 10 nitrogen and oxygen atoms in total. The normalized spacial score (nSPS) is 13.4. The highest BCUT2D eigenvalue weighted by Crippen LogP contribution is 2.15. The first-order valence-electron chi connectivity index (χ1n) is 8.44. The lowest BCUT2D eigenvalue weighted by Crippen LogP contribution is -2.48. The average Bonchev–Trinajstić information content (AvgIpc) is 2.60. The Morgan fingerprint density at radius 3 is 2.07 bits per heavy atom. The van der Waals surface area contributed by atoms with Crippen LogP contribution in [-0.4, -0.2) is 51.6 Å². The van der Waals surface area contributed by atoms with E-state index in [1.807, 2.05) is 5.32 Å². The van der Waals surface area contributed by atoms with Gasteiger partial charge in [-0.05, 0) is 52.0 Å². The van der Waals surface area contributed by atoms with Crippen LogP contribution in [0.4, 0.5) is 4.79 Å². The number of hydrogen-bond acceptors (Lipinski definition) is 7. The molecule has 11 heteroatoms. The Bertz CT molecular complexity index is 807. The molecule has 1 aromatic rings. The Kier molecular flexibility index (Phi) is 8.38. The smallest absolute Gasteiger partial charge is 0.324 e. The van der Waals surface area contributed by atoms with Gasteiger partial charge in [-0.3, -0.25) is 14.9 Å². The van der Waals surface area contributed by atoms with Crippen LogP contribution in [0, 0.1) is 0 Å². The third-order valence-corrected chi connectivity index (χ3v) is 4.93. The molecule has 0 heterocycles. The molecule has 3 amide bonds. The molecule has 1 unspecified atom stereocenters. The summed E-state index contributed by atoms with van der Waals surface area (Å²) in [6.07, 6.45) is -1.29. The Hall–Kier alpha value is -2.66.